The Morgan fingerprint density at radius 3 is 2.71 bits per heavy atom. The molecule has 0 aromatic carbocycles. The summed E-state index contributed by atoms with van der Waals surface area (Å²) in [6.45, 7) is 12.2. The number of amides is 1. The standard InChI is InChI=1S/C15H26N4O2/c1-11(2)19-13(6-7-17-19)16-8-12-9-18(10-12)14(20)21-15(3,4)5/h6-7,11-12,16H,8-10H2,1-5H3. The van der Waals surface area contributed by atoms with Gasteiger partial charge in [0, 0.05) is 37.7 Å². The minimum atomic E-state index is -0.426. The van der Waals surface area contributed by atoms with Crippen molar-refractivity contribution in [2.75, 3.05) is 25.0 Å². The summed E-state index contributed by atoms with van der Waals surface area (Å²) in [5, 5.41) is 7.70. The monoisotopic (exact) mass is 294 g/mol. The highest BCUT2D eigenvalue weighted by Gasteiger charge is 2.33. The summed E-state index contributed by atoms with van der Waals surface area (Å²) in [5.74, 6) is 1.49. The molecule has 0 atom stereocenters. The average molecular weight is 294 g/mol. The highest BCUT2D eigenvalue weighted by molar-refractivity contribution is 5.69. The number of likely N-dealkylation sites (tertiary alicyclic amines) is 1. The van der Waals surface area contributed by atoms with E-state index in [1.54, 1.807) is 11.1 Å². The van der Waals surface area contributed by atoms with E-state index < -0.39 is 5.60 Å². The number of nitrogens with zero attached hydrogens (tertiary/aromatic N) is 3. The van der Waals surface area contributed by atoms with Crippen molar-refractivity contribution in [1.82, 2.24) is 14.7 Å². The van der Waals surface area contributed by atoms with E-state index in [4.69, 9.17) is 4.74 Å². The molecule has 1 aliphatic rings. The summed E-state index contributed by atoms with van der Waals surface area (Å²) < 4.78 is 7.31. The van der Waals surface area contributed by atoms with E-state index in [2.05, 4.69) is 24.3 Å². The molecule has 6 nitrogen and oxygen atoms in total. The molecule has 1 amide bonds. The van der Waals surface area contributed by atoms with Gasteiger partial charge in [-0.2, -0.15) is 5.10 Å². The molecule has 0 unspecified atom stereocenters. The Kier molecular flexibility index (Phi) is 4.44. The second-order valence-electron chi connectivity index (χ2n) is 6.89. The third-order valence-electron chi connectivity index (χ3n) is 3.34. The molecular formula is C15H26N4O2. The number of carbonyl (C=O) groups is 1. The van der Waals surface area contributed by atoms with Gasteiger partial charge < -0.3 is 15.0 Å². The first-order valence-corrected chi connectivity index (χ1v) is 7.51. The van der Waals surface area contributed by atoms with E-state index in [1.165, 1.54) is 0 Å². The van der Waals surface area contributed by atoms with Crippen LogP contribution in [0.3, 0.4) is 0 Å². The lowest BCUT2D eigenvalue weighted by molar-refractivity contribution is 0.000829. The van der Waals surface area contributed by atoms with Crippen molar-refractivity contribution in [1.29, 1.82) is 0 Å². The quantitative estimate of drug-likeness (QED) is 0.927. The Balaban J connectivity index is 1.74. The molecule has 118 valence electrons. The summed E-state index contributed by atoms with van der Waals surface area (Å²) in [4.78, 5) is 13.6. The molecule has 2 rings (SSSR count). The SMILES string of the molecule is CC(C)n1nccc1NCC1CN(C(=O)OC(C)(C)C)C1. The van der Waals surface area contributed by atoms with E-state index in [1.807, 2.05) is 31.5 Å². The van der Waals surface area contributed by atoms with Crippen LogP contribution < -0.4 is 5.32 Å². The van der Waals surface area contributed by atoms with E-state index in [-0.39, 0.29) is 6.09 Å². The maximum Gasteiger partial charge on any atom is 0.410 e. The van der Waals surface area contributed by atoms with Gasteiger partial charge in [0.2, 0.25) is 0 Å². The number of ether oxygens (including phenoxy) is 1. The Labute approximate surface area is 126 Å². The molecule has 0 bridgehead atoms. The molecule has 0 aliphatic carbocycles. The maximum atomic E-state index is 11.8. The molecule has 0 radical (unpaired) electrons. The predicted octanol–water partition coefficient (Wildman–Crippen LogP) is 2.74. The fourth-order valence-corrected chi connectivity index (χ4v) is 2.29. The fraction of sp³-hybridized carbons (Fsp3) is 0.733. The van der Waals surface area contributed by atoms with Gasteiger partial charge in [-0.3, -0.25) is 0 Å². The molecule has 6 heteroatoms. The third-order valence-corrected chi connectivity index (χ3v) is 3.34. The van der Waals surface area contributed by atoms with Gasteiger partial charge in [-0.25, -0.2) is 9.48 Å². The molecule has 1 aliphatic heterocycles. The first kappa shape index (κ1) is 15.7. The largest absolute Gasteiger partial charge is 0.444 e. The minimum Gasteiger partial charge on any atom is -0.444 e. The molecular weight excluding hydrogens is 268 g/mol. The van der Waals surface area contributed by atoms with Crippen LogP contribution in [-0.2, 0) is 4.74 Å². The van der Waals surface area contributed by atoms with E-state index in [0.29, 0.717) is 12.0 Å². The normalized spacial score (nSPS) is 16.0. The molecule has 21 heavy (non-hydrogen) atoms. The molecule has 1 aromatic heterocycles. The number of rotatable bonds is 4. The van der Waals surface area contributed by atoms with Crippen molar-refractivity contribution in [2.24, 2.45) is 5.92 Å². The van der Waals surface area contributed by atoms with Gasteiger partial charge in [0.1, 0.15) is 11.4 Å². The van der Waals surface area contributed by atoms with Crippen molar-refractivity contribution in [3.8, 4) is 0 Å². The zero-order valence-electron chi connectivity index (χ0n) is 13.6. The number of carbonyl (C=O) groups excluding carboxylic acids is 1. The van der Waals surface area contributed by atoms with Gasteiger partial charge in [-0.1, -0.05) is 0 Å². The van der Waals surface area contributed by atoms with Gasteiger partial charge in [0.15, 0.2) is 0 Å². The van der Waals surface area contributed by atoms with Crippen LogP contribution in [0.25, 0.3) is 0 Å². The van der Waals surface area contributed by atoms with Crippen molar-refractivity contribution >= 4 is 11.9 Å². The minimum absolute atomic E-state index is 0.217. The number of hydrogen-bond acceptors (Lipinski definition) is 4. The zero-order chi connectivity index (χ0) is 15.6. The van der Waals surface area contributed by atoms with Crippen LogP contribution >= 0.6 is 0 Å². The predicted molar refractivity (Wildman–Crippen MR) is 82.4 cm³/mol. The molecule has 2 heterocycles. The second kappa shape index (κ2) is 5.95. The van der Waals surface area contributed by atoms with Crippen molar-refractivity contribution in [3.63, 3.8) is 0 Å². The van der Waals surface area contributed by atoms with Crippen molar-refractivity contribution < 1.29 is 9.53 Å². The van der Waals surface area contributed by atoms with Gasteiger partial charge in [0.25, 0.3) is 0 Å². The Bertz CT molecular complexity index is 484. The van der Waals surface area contributed by atoms with Gasteiger partial charge >= 0.3 is 6.09 Å². The van der Waals surface area contributed by atoms with E-state index >= 15 is 0 Å². The number of hydrogen-bond donors (Lipinski definition) is 1. The summed E-state index contributed by atoms with van der Waals surface area (Å²) in [6, 6.07) is 2.31. The first-order valence-electron chi connectivity index (χ1n) is 7.51. The molecule has 0 spiro atoms. The fourth-order valence-electron chi connectivity index (χ4n) is 2.29. The Morgan fingerprint density at radius 2 is 2.14 bits per heavy atom. The highest BCUT2D eigenvalue weighted by atomic mass is 16.6. The van der Waals surface area contributed by atoms with Crippen LogP contribution in [0.2, 0.25) is 0 Å². The molecule has 1 N–H and O–H groups in total. The topological polar surface area (TPSA) is 59.4 Å². The molecule has 1 saturated heterocycles. The third kappa shape index (κ3) is 4.12. The lowest BCUT2D eigenvalue weighted by atomic mass is 10.0. The van der Waals surface area contributed by atoms with Gasteiger partial charge in [0.05, 0.1) is 6.20 Å². The van der Waals surface area contributed by atoms with Crippen molar-refractivity contribution in [2.45, 2.75) is 46.3 Å². The number of anilines is 1. The maximum absolute atomic E-state index is 11.8. The van der Waals surface area contributed by atoms with Crippen LogP contribution in [0.15, 0.2) is 12.3 Å². The van der Waals surface area contributed by atoms with Crippen LogP contribution in [0, 0.1) is 5.92 Å². The second-order valence-corrected chi connectivity index (χ2v) is 6.89. The number of aromatic nitrogens is 2. The summed E-state index contributed by atoms with van der Waals surface area (Å²) in [5.41, 5.74) is -0.426. The summed E-state index contributed by atoms with van der Waals surface area (Å²) in [6.07, 6.45) is 1.59. The molecule has 1 fully saturated rings. The summed E-state index contributed by atoms with van der Waals surface area (Å²) >= 11 is 0. The Hall–Kier alpha value is -1.72. The highest BCUT2D eigenvalue weighted by Crippen LogP contribution is 2.21. The van der Waals surface area contributed by atoms with Crippen LogP contribution in [-0.4, -0.2) is 46.0 Å². The zero-order valence-corrected chi connectivity index (χ0v) is 13.6. The van der Waals surface area contributed by atoms with Gasteiger partial charge in [-0.15, -0.1) is 0 Å². The molecule has 1 aromatic rings. The van der Waals surface area contributed by atoms with Crippen LogP contribution in [0.1, 0.15) is 40.7 Å². The van der Waals surface area contributed by atoms with Crippen LogP contribution in [0.4, 0.5) is 10.6 Å². The van der Waals surface area contributed by atoms with Crippen molar-refractivity contribution in [3.05, 3.63) is 12.3 Å². The van der Waals surface area contributed by atoms with Gasteiger partial charge in [-0.05, 0) is 34.6 Å². The van der Waals surface area contributed by atoms with E-state index in [0.717, 1.165) is 25.5 Å². The summed E-state index contributed by atoms with van der Waals surface area (Å²) in [7, 11) is 0. The lowest BCUT2D eigenvalue weighted by Crippen LogP contribution is -2.53. The number of nitrogens with one attached hydrogen (secondary N) is 1. The average Bonchev–Trinajstić information content (AvgIpc) is 2.72. The van der Waals surface area contributed by atoms with Crippen LogP contribution in [0.5, 0.6) is 0 Å². The Morgan fingerprint density at radius 1 is 1.48 bits per heavy atom. The molecule has 0 saturated carbocycles. The first-order chi connectivity index (χ1) is 9.76. The lowest BCUT2D eigenvalue weighted by Gasteiger charge is -2.40. The van der Waals surface area contributed by atoms with E-state index in [9.17, 15) is 4.79 Å². The smallest absolute Gasteiger partial charge is 0.410 e.